The number of aliphatic hydroxyl groups is 1. The highest BCUT2D eigenvalue weighted by atomic mass is 16.3. The van der Waals surface area contributed by atoms with Crippen molar-refractivity contribution in [2.75, 3.05) is 18.8 Å². The van der Waals surface area contributed by atoms with Gasteiger partial charge in [-0.2, -0.15) is 0 Å². The normalized spacial score (nSPS) is 12.8. The van der Waals surface area contributed by atoms with E-state index >= 15 is 0 Å². The van der Waals surface area contributed by atoms with Crippen LogP contribution >= 0.6 is 0 Å². The number of hydrogen-bond donors (Lipinski definition) is 3. The minimum absolute atomic E-state index is 0.444. The number of anilines is 1. The summed E-state index contributed by atoms with van der Waals surface area (Å²) in [7, 11) is 0. The topological polar surface area (TPSA) is 58.3 Å². The first-order chi connectivity index (χ1) is 6.24. The van der Waals surface area contributed by atoms with E-state index in [0.717, 1.165) is 17.8 Å². The highest BCUT2D eigenvalue weighted by Crippen LogP contribution is 2.13. The van der Waals surface area contributed by atoms with Gasteiger partial charge in [0.1, 0.15) is 0 Å². The van der Waals surface area contributed by atoms with Gasteiger partial charge in [0.25, 0.3) is 0 Å². The molecule has 4 N–H and O–H groups in total. The van der Waals surface area contributed by atoms with Crippen molar-refractivity contribution in [1.29, 1.82) is 0 Å². The molecule has 3 heteroatoms. The molecule has 13 heavy (non-hydrogen) atoms. The van der Waals surface area contributed by atoms with E-state index in [1.165, 1.54) is 0 Å². The van der Waals surface area contributed by atoms with E-state index in [1.807, 2.05) is 19.1 Å². The maximum atomic E-state index is 9.64. The number of rotatable bonds is 4. The molecule has 0 aromatic heterocycles. The smallest absolute Gasteiger partial charge is 0.0914 e. The number of nitrogens with one attached hydrogen (secondary N) is 1. The molecule has 0 bridgehead atoms. The Morgan fingerprint density at radius 1 is 1.38 bits per heavy atom. The number of likely N-dealkylation sites (N-methyl/N-ethyl adjacent to an activating group) is 1. The number of nitrogens with two attached hydrogens (primary N) is 1. The zero-order chi connectivity index (χ0) is 9.68. The summed E-state index contributed by atoms with van der Waals surface area (Å²) in [5.41, 5.74) is 7.15. The Labute approximate surface area is 78.6 Å². The zero-order valence-electron chi connectivity index (χ0n) is 7.83. The van der Waals surface area contributed by atoms with Gasteiger partial charge in [-0.05, 0) is 24.2 Å². The monoisotopic (exact) mass is 180 g/mol. The van der Waals surface area contributed by atoms with Crippen LogP contribution in [0.15, 0.2) is 24.3 Å². The molecule has 0 radical (unpaired) electrons. The lowest BCUT2D eigenvalue weighted by molar-refractivity contribution is 0.175. The Bertz CT molecular complexity index is 246. The van der Waals surface area contributed by atoms with Gasteiger partial charge < -0.3 is 16.2 Å². The maximum Gasteiger partial charge on any atom is 0.0914 e. The van der Waals surface area contributed by atoms with Gasteiger partial charge >= 0.3 is 0 Å². The fourth-order valence-electron chi connectivity index (χ4n) is 1.12. The summed E-state index contributed by atoms with van der Waals surface area (Å²) in [4.78, 5) is 0. The predicted octanol–water partition coefficient (Wildman–Crippen LogP) is 0.912. The fourth-order valence-corrected chi connectivity index (χ4v) is 1.12. The molecular formula is C10H16N2O. The molecule has 0 aliphatic carbocycles. The second-order valence-corrected chi connectivity index (χ2v) is 2.99. The summed E-state index contributed by atoms with van der Waals surface area (Å²) < 4.78 is 0. The lowest BCUT2D eigenvalue weighted by Crippen LogP contribution is -2.20. The van der Waals surface area contributed by atoms with Crippen LogP contribution in [-0.4, -0.2) is 18.2 Å². The van der Waals surface area contributed by atoms with E-state index in [0.29, 0.717) is 6.54 Å². The van der Waals surface area contributed by atoms with Gasteiger partial charge in [-0.1, -0.05) is 19.1 Å². The second kappa shape index (κ2) is 4.84. The number of nitrogen functional groups attached to an aromatic ring is 1. The molecule has 0 unspecified atom stereocenters. The first-order valence-electron chi connectivity index (χ1n) is 4.48. The molecule has 0 spiro atoms. The summed E-state index contributed by atoms with van der Waals surface area (Å²) in [5.74, 6) is 0. The SMILES string of the molecule is CCNC[C@H](O)c1ccc(N)cc1. The van der Waals surface area contributed by atoms with E-state index in [1.54, 1.807) is 12.1 Å². The molecule has 0 aliphatic rings. The Kier molecular flexibility index (Phi) is 3.73. The van der Waals surface area contributed by atoms with Crippen molar-refractivity contribution in [2.24, 2.45) is 0 Å². The first kappa shape index (κ1) is 10.0. The van der Waals surface area contributed by atoms with Gasteiger partial charge in [0.2, 0.25) is 0 Å². The minimum Gasteiger partial charge on any atom is -0.399 e. The third kappa shape index (κ3) is 3.05. The van der Waals surface area contributed by atoms with Crippen LogP contribution in [-0.2, 0) is 0 Å². The Morgan fingerprint density at radius 2 is 2.00 bits per heavy atom. The Balaban J connectivity index is 2.55. The molecule has 1 aromatic carbocycles. The number of hydrogen-bond acceptors (Lipinski definition) is 3. The van der Waals surface area contributed by atoms with Crippen LogP contribution in [0.5, 0.6) is 0 Å². The second-order valence-electron chi connectivity index (χ2n) is 2.99. The van der Waals surface area contributed by atoms with Gasteiger partial charge in [-0.3, -0.25) is 0 Å². The van der Waals surface area contributed by atoms with Crippen molar-refractivity contribution < 1.29 is 5.11 Å². The minimum atomic E-state index is -0.444. The summed E-state index contributed by atoms with van der Waals surface area (Å²) in [6, 6.07) is 7.28. The van der Waals surface area contributed by atoms with Crippen LogP contribution in [0.1, 0.15) is 18.6 Å². The van der Waals surface area contributed by atoms with Crippen LogP contribution < -0.4 is 11.1 Å². The molecule has 3 nitrogen and oxygen atoms in total. The Hall–Kier alpha value is -1.06. The van der Waals surface area contributed by atoms with Crippen molar-refractivity contribution in [3.8, 4) is 0 Å². The van der Waals surface area contributed by atoms with Gasteiger partial charge in [0.15, 0.2) is 0 Å². The molecule has 1 rings (SSSR count). The number of aliphatic hydroxyl groups excluding tert-OH is 1. The van der Waals surface area contributed by atoms with Crippen molar-refractivity contribution in [3.63, 3.8) is 0 Å². The van der Waals surface area contributed by atoms with Crippen molar-refractivity contribution >= 4 is 5.69 Å². The molecule has 0 heterocycles. The lowest BCUT2D eigenvalue weighted by Gasteiger charge is -2.11. The molecule has 0 saturated carbocycles. The van der Waals surface area contributed by atoms with E-state index in [9.17, 15) is 5.11 Å². The number of benzene rings is 1. The average molecular weight is 180 g/mol. The highest BCUT2D eigenvalue weighted by Gasteiger charge is 2.04. The quantitative estimate of drug-likeness (QED) is 0.604. The summed E-state index contributed by atoms with van der Waals surface area (Å²) in [6.07, 6.45) is -0.444. The van der Waals surface area contributed by atoms with E-state index in [-0.39, 0.29) is 0 Å². The molecule has 0 saturated heterocycles. The van der Waals surface area contributed by atoms with Crippen molar-refractivity contribution in [2.45, 2.75) is 13.0 Å². The summed E-state index contributed by atoms with van der Waals surface area (Å²) in [6.45, 7) is 3.46. The molecule has 1 aromatic rings. The average Bonchev–Trinajstić information content (AvgIpc) is 2.15. The van der Waals surface area contributed by atoms with Crippen LogP contribution in [0.3, 0.4) is 0 Å². The summed E-state index contributed by atoms with van der Waals surface area (Å²) >= 11 is 0. The maximum absolute atomic E-state index is 9.64. The van der Waals surface area contributed by atoms with Gasteiger partial charge in [-0.15, -0.1) is 0 Å². The van der Waals surface area contributed by atoms with E-state index < -0.39 is 6.10 Å². The molecular weight excluding hydrogens is 164 g/mol. The lowest BCUT2D eigenvalue weighted by atomic mass is 10.1. The first-order valence-corrected chi connectivity index (χ1v) is 4.48. The van der Waals surface area contributed by atoms with Gasteiger partial charge in [-0.25, -0.2) is 0 Å². The van der Waals surface area contributed by atoms with Gasteiger partial charge in [0, 0.05) is 12.2 Å². The van der Waals surface area contributed by atoms with Crippen molar-refractivity contribution in [1.82, 2.24) is 5.32 Å². The molecule has 0 aliphatic heterocycles. The molecule has 0 amide bonds. The van der Waals surface area contributed by atoms with Gasteiger partial charge in [0.05, 0.1) is 6.10 Å². The third-order valence-electron chi connectivity index (χ3n) is 1.91. The van der Waals surface area contributed by atoms with Crippen molar-refractivity contribution in [3.05, 3.63) is 29.8 Å². The molecule has 72 valence electrons. The highest BCUT2D eigenvalue weighted by molar-refractivity contribution is 5.39. The Morgan fingerprint density at radius 3 is 2.54 bits per heavy atom. The third-order valence-corrected chi connectivity index (χ3v) is 1.91. The fraction of sp³-hybridized carbons (Fsp3) is 0.400. The van der Waals surface area contributed by atoms with E-state index in [2.05, 4.69) is 5.32 Å². The van der Waals surface area contributed by atoms with Crippen LogP contribution in [0, 0.1) is 0 Å². The summed E-state index contributed by atoms with van der Waals surface area (Å²) in [5, 5.41) is 12.7. The predicted molar refractivity (Wildman–Crippen MR) is 54.4 cm³/mol. The largest absolute Gasteiger partial charge is 0.399 e. The van der Waals surface area contributed by atoms with Crippen LogP contribution in [0.2, 0.25) is 0 Å². The molecule has 1 atom stereocenters. The van der Waals surface area contributed by atoms with Crippen LogP contribution in [0.25, 0.3) is 0 Å². The zero-order valence-corrected chi connectivity index (χ0v) is 7.83. The van der Waals surface area contributed by atoms with Crippen LogP contribution in [0.4, 0.5) is 5.69 Å². The van der Waals surface area contributed by atoms with E-state index in [4.69, 9.17) is 5.73 Å². The molecule has 0 fully saturated rings. The standard InChI is InChI=1S/C10H16N2O/c1-2-12-7-10(13)8-3-5-9(11)6-4-8/h3-6,10,12-13H,2,7,11H2,1H3/t10-/m0/s1.